The van der Waals surface area contributed by atoms with Crippen LogP contribution in [0.25, 0.3) is 0 Å². The molecule has 2 aromatic rings. The Balaban J connectivity index is 2.20. The van der Waals surface area contributed by atoms with Crippen LogP contribution in [0.1, 0.15) is 28.9 Å². The Hall–Kier alpha value is -2.37. The zero-order chi connectivity index (χ0) is 17.3. The van der Waals surface area contributed by atoms with Crippen LogP contribution >= 0.6 is 11.6 Å². The lowest BCUT2D eigenvalue weighted by Crippen LogP contribution is -2.49. The number of aliphatic hydroxyl groups is 1. The zero-order valence-electron chi connectivity index (χ0n) is 12.8. The van der Waals surface area contributed by atoms with Crippen LogP contribution in [0.15, 0.2) is 61.2 Å². The molecule has 0 aromatic heterocycles. The number of halogens is 1. The van der Waals surface area contributed by atoms with E-state index >= 15 is 0 Å². The second-order valence-electron chi connectivity index (χ2n) is 5.62. The predicted molar refractivity (Wildman–Crippen MR) is 90.7 cm³/mol. The van der Waals surface area contributed by atoms with E-state index in [1.54, 1.807) is 48.5 Å². The van der Waals surface area contributed by atoms with Gasteiger partial charge in [-0.25, -0.2) is 0 Å². The first-order valence-electron chi connectivity index (χ1n) is 7.46. The summed E-state index contributed by atoms with van der Waals surface area (Å²) in [6.07, 6.45) is -0.402. The fraction of sp³-hybridized carbons (Fsp3) is 0.222. The van der Waals surface area contributed by atoms with Gasteiger partial charge in [0, 0.05) is 11.1 Å². The van der Waals surface area contributed by atoms with E-state index in [0.29, 0.717) is 23.3 Å². The van der Waals surface area contributed by atoms with Gasteiger partial charge in [0.1, 0.15) is 5.75 Å². The molecule has 0 radical (unpaired) electrons. The second kappa shape index (κ2) is 6.26. The Kier molecular flexibility index (Phi) is 4.30. The third-order valence-electron chi connectivity index (χ3n) is 4.15. The number of alkyl halides is 1. The van der Waals surface area contributed by atoms with E-state index < -0.39 is 22.1 Å². The Morgan fingerprint density at radius 3 is 2.62 bits per heavy atom. The molecule has 0 bridgehead atoms. The van der Waals surface area contributed by atoms with Gasteiger partial charge < -0.3 is 9.84 Å². The van der Waals surface area contributed by atoms with Crippen molar-refractivity contribution in [3.8, 4) is 5.75 Å². The maximum Gasteiger partial charge on any atom is 0.364 e. The number of aliphatic hydroxyl groups excluding tert-OH is 1. The van der Waals surface area contributed by atoms with Gasteiger partial charge in [-0.15, -0.1) is 6.58 Å². The quantitative estimate of drug-likeness (QED) is 0.301. The molecule has 6 heteroatoms. The van der Waals surface area contributed by atoms with Gasteiger partial charge >= 0.3 is 5.00 Å². The summed E-state index contributed by atoms with van der Waals surface area (Å²) in [6.45, 7) is 3.71. The minimum absolute atomic E-state index is 0.313. The third kappa shape index (κ3) is 2.46. The van der Waals surface area contributed by atoms with E-state index in [2.05, 4.69) is 6.58 Å². The van der Waals surface area contributed by atoms with Gasteiger partial charge in [0.25, 0.3) is 0 Å². The SMILES string of the molecule is C=CCc1cccc2c1O[C@@H](c1ccccc1)[C@](Cl)([N+](=O)[O-])[C@H]2O. The summed E-state index contributed by atoms with van der Waals surface area (Å²) < 4.78 is 5.97. The smallest absolute Gasteiger partial charge is 0.364 e. The molecule has 0 amide bonds. The van der Waals surface area contributed by atoms with Gasteiger partial charge in [-0.1, -0.05) is 54.6 Å². The molecule has 0 saturated carbocycles. The Morgan fingerprint density at radius 2 is 2.00 bits per heavy atom. The molecule has 3 rings (SSSR count). The highest BCUT2D eigenvalue weighted by Gasteiger charge is 2.61. The van der Waals surface area contributed by atoms with Crippen molar-refractivity contribution >= 4 is 11.6 Å². The van der Waals surface area contributed by atoms with Gasteiger partial charge in [0.05, 0.1) is 4.92 Å². The van der Waals surface area contributed by atoms with Gasteiger partial charge in [-0.2, -0.15) is 0 Å². The van der Waals surface area contributed by atoms with Crippen molar-refractivity contribution in [3.05, 3.63) is 88.0 Å². The molecule has 1 N–H and O–H groups in total. The first-order valence-corrected chi connectivity index (χ1v) is 7.83. The molecule has 1 aliphatic heterocycles. The molecule has 5 nitrogen and oxygen atoms in total. The van der Waals surface area contributed by atoms with Gasteiger partial charge in [-0.05, 0) is 23.6 Å². The first-order chi connectivity index (χ1) is 11.5. The summed E-state index contributed by atoms with van der Waals surface area (Å²) in [7, 11) is 0. The fourth-order valence-electron chi connectivity index (χ4n) is 2.97. The monoisotopic (exact) mass is 345 g/mol. The third-order valence-corrected chi connectivity index (χ3v) is 4.70. The van der Waals surface area contributed by atoms with E-state index in [0.717, 1.165) is 5.56 Å². The topological polar surface area (TPSA) is 72.6 Å². The molecule has 3 atom stereocenters. The average molecular weight is 346 g/mol. The number of hydrogen-bond donors (Lipinski definition) is 1. The van der Waals surface area contributed by atoms with Crippen molar-refractivity contribution in [2.24, 2.45) is 0 Å². The molecule has 1 heterocycles. The number of nitro groups is 1. The summed E-state index contributed by atoms with van der Waals surface area (Å²) in [6, 6.07) is 13.8. The van der Waals surface area contributed by atoms with Crippen LogP contribution in [0.4, 0.5) is 0 Å². The maximum atomic E-state index is 11.7. The molecular weight excluding hydrogens is 330 g/mol. The minimum atomic E-state index is -2.21. The predicted octanol–water partition coefficient (Wildman–Crippen LogP) is 3.79. The van der Waals surface area contributed by atoms with Gasteiger partial charge in [0.15, 0.2) is 6.10 Å². The van der Waals surface area contributed by atoms with E-state index in [4.69, 9.17) is 16.3 Å². The van der Waals surface area contributed by atoms with E-state index in [9.17, 15) is 15.2 Å². The van der Waals surface area contributed by atoms with Gasteiger partial charge in [-0.3, -0.25) is 10.1 Å². The maximum absolute atomic E-state index is 11.7. The number of ether oxygens (including phenoxy) is 1. The Morgan fingerprint density at radius 1 is 1.29 bits per heavy atom. The van der Waals surface area contributed by atoms with Crippen molar-refractivity contribution in [1.82, 2.24) is 0 Å². The summed E-state index contributed by atoms with van der Waals surface area (Å²) in [5.41, 5.74) is 1.64. The minimum Gasteiger partial charge on any atom is -0.476 e. The summed E-state index contributed by atoms with van der Waals surface area (Å²) >= 11 is 6.32. The van der Waals surface area contributed by atoms with E-state index in [-0.39, 0.29) is 0 Å². The molecule has 2 aromatic carbocycles. The standard InChI is InChI=1S/C18H16ClNO4/c1-2-7-12-10-6-11-14-15(12)24-17(13-8-4-3-5-9-13)18(19,16(14)21)20(22)23/h2-6,8-11,16-17,21H,1,7H2/t16-,17-,18+/m0/s1. The summed E-state index contributed by atoms with van der Waals surface area (Å²) in [5.74, 6) is 0.428. The number of benzene rings is 2. The van der Waals surface area contributed by atoms with Crippen LogP contribution in [-0.2, 0) is 6.42 Å². The Bertz CT molecular complexity index is 780. The van der Waals surface area contributed by atoms with Crippen LogP contribution in [0.5, 0.6) is 5.75 Å². The highest BCUT2D eigenvalue weighted by molar-refractivity contribution is 6.23. The van der Waals surface area contributed by atoms with E-state index in [1.807, 2.05) is 6.07 Å². The van der Waals surface area contributed by atoms with Crippen molar-refractivity contribution in [2.45, 2.75) is 23.6 Å². The van der Waals surface area contributed by atoms with Crippen LogP contribution in [0.3, 0.4) is 0 Å². The van der Waals surface area contributed by atoms with Gasteiger partial charge in [0.2, 0.25) is 6.10 Å². The number of allylic oxidation sites excluding steroid dienone is 1. The van der Waals surface area contributed by atoms with Crippen LogP contribution in [0.2, 0.25) is 0 Å². The van der Waals surface area contributed by atoms with Crippen molar-refractivity contribution < 1.29 is 14.8 Å². The fourth-order valence-corrected chi connectivity index (χ4v) is 3.26. The largest absolute Gasteiger partial charge is 0.476 e. The molecule has 0 saturated heterocycles. The van der Waals surface area contributed by atoms with Crippen molar-refractivity contribution in [1.29, 1.82) is 0 Å². The number of fused-ring (bicyclic) bond motifs is 1. The lowest BCUT2D eigenvalue weighted by molar-refractivity contribution is -0.570. The van der Waals surface area contributed by atoms with Crippen molar-refractivity contribution in [3.63, 3.8) is 0 Å². The normalized spacial score (nSPS) is 25.4. The Labute approximate surface area is 144 Å². The van der Waals surface area contributed by atoms with E-state index in [1.165, 1.54) is 0 Å². The zero-order valence-corrected chi connectivity index (χ0v) is 13.5. The summed E-state index contributed by atoms with van der Waals surface area (Å²) in [5, 5.41) is 22.4. The second-order valence-corrected chi connectivity index (χ2v) is 6.23. The van der Waals surface area contributed by atoms with Crippen LogP contribution in [0, 0.1) is 10.1 Å². The number of hydrogen-bond acceptors (Lipinski definition) is 4. The summed E-state index contributed by atoms with van der Waals surface area (Å²) in [4.78, 5) is 8.82. The highest BCUT2D eigenvalue weighted by atomic mass is 35.5. The molecule has 0 aliphatic carbocycles. The highest BCUT2D eigenvalue weighted by Crippen LogP contribution is 2.52. The van der Waals surface area contributed by atoms with Crippen molar-refractivity contribution in [2.75, 3.05) is 0 Å². The molecule has 24 heavy (non-hydrogen) atoms. The van der Waals surface area contributed by atoms with Crippen LogP contribution < -0.4 is 4.74 Å². The molecule has 124 valence electrons. The molecule has 0 unspecified atom stereocenters. The molecule has 0 spiro atoms. The molecule has 0 fully saturated rings. The lowest BCUT2D eigenvalue weighted by Gasteiger charge is -2.38. The first kappa shape index (κ1) is 16.5. The number of rotatable bonds is 4. The average Bonchev–Trinajstić information content (AvgIpc) is 2.59. The number of para-hydroxylation sites is 1. The number of nitrogens with zero attached hydrogens (tertiary/aromatic N) is 1. The molecule has 1 aliphatic rings. The van der Waals surface area contributed by atoms with Crippen LogP contribution in [-0.4, -0.2) is 15.0 Å². The molecular formula is C18H16ClNO4. The lowest BCUT2D eigenvalue weighted by atomic mass is 9.88.